The summed E-state index contributed by atoms with van der Waals surface area (Å²) >= 11 is 0. The molecule has 0 saturated carbocycles. The lowest BCUT2D eigenvalue weighted by Crippen LogP contribution is -2.05. The van der Waals surface area contributed by atoms with Crippen molar-refractivity contribution >= 4 is 27.6 Å². The topological polar surface area (TPSA) is 42.2 Å². The van der Waals surface area contributed by atoms with Gasteiger partial charge in [-0.15, -0.1) is 0 Å². The first-order valence-corrected chi connectivity index (χ1v) is 5.99. The molecule has 3 heteroatoms. The third kappa shape index (κ3) is 1.64. The highest BCUT2D eigenvalue weighted by Gasteiger charge is 2.07. The summed E-state index contributed by atoms with van der Waals surface area (Å²) < 4.78 is 5.68. The van der Waals surface area contributed by atoms with Gasteiger partial charge in [0.15, 0.2) is 11.3 Å². The number of hydrogen-bond acceptors (Lipinski definition) is 3. The zero-order valence-corrected chi connectivity index (χ0v) is 10.1. The third-order valence-electron chi connectivity index (χ3n) is 2.97. The molecule has 90 valence electrons. The molecule has 1 heterocycles. The molecule has 3 nitrogen and oxygen atoms in total. The average molecular weight is 239 g/mol. The molecule has 1 aromatic heterocycles. The molecule has 0 aliphatic heterocycles. The minimum Gasteiger partial charge on any atom is -0.440 e. The Kier molecular flexibility index (Phi) is 2.52. The van der Waals surface area contributed by atoms with Crippen LogP contribution in [0.4, 0.5) is 5.88 Å². The Hall–Kier alpha value is -2.29. The van der Waals surface area contributed by atoms with E-state index in [9.17, 15) is 4.79 Å². The highest BCUT2D eigenvalue weighted by molar-refractivity contribution is 6.05. The second-order valence-corrected chi connectivity index (χ2v) is 4.17. The van der Waals surface area contributed by atoms with Gasteiger partial charge < -0.3 is 9.73 Å². The van der Waals surface area contributed by atoms with E-state index in [1.165, 1.54) is 6.07 Å². The molecule has 1 N–H and O–H groups in total. The number of benzene rings is 2. The van der Waals surface area contributed by atoms with Crippen molar-refractivity contribution < 1.29 is 4.42 Å². The molecule has 0 aliphatic carbocycles. The van der Waals surface area contributed by atoms with Crippen LogP contribution in [0.15, 0.2) is 51.7 Å². The molecule has 2 aromatic carbocycles. The molecule has 0 unspecified atom stereocenters. The van der Waals surface area contributed by atoms with E-state index in [-0.39, 0.29) is 5.43 Å². The van der Waals surface area contributed by atoms with E-state index in [0.29, 0.717) is 16.9 Å². The molecule has 0 atom stereocenters. The Bertz CT molecular complexity index is 774. The Morgan fingerprint density at radius 3 is 2.83 bits per heavy atom. The molecule has 0 fully saturated rings. The number of hydrogen-bond donors (Lipinski definition) is 1. The summed E-state index contributed by atoms with van der Waals surface area (Å²) in [5.41, 5.74) is 0.612. The summed E-state index contributed by atoms with van der Waals surface area (Å²) in [6.45, 7) is 2.69. The predicted octanol–water partition coefficient (Wildman–Crippen LogP) is 3.38. The molecule has 0 amide bonds. The lowest BCUT2D eigenvalue weighted by atomic mass is 10.1. The maximum Gasteiger partial charge on any atom is 0.197 e. The molecule has 18 heavy (non-hydrogen) atoms. The zero-order valence-electron chi connectivity index (χ0n) is 10.1. The fraction of sp³-hybridized carbons (Fsp3) is 0.133. The van der Waals surface area contributed by atoms with Crippen molar-refractivity contribution in [1.82, 2.24) is 0 Å². The largest absolute Gasteiger partial charge is 0.440 e. The van der Waals surface area contributed by atoms with Crippen LogP contribution in [0.5, 0.6) is 0 Å². The first-order valence-electron chi connectivity index (χ1n) is 5.99. The van der Waals surface area contributed by atoms with Crippen LogP contribution >= 0.6 is 0 Å². The van der Waals surface area contributed by atoms with Gasteiger partial charge in [-0.05, 0) is 23.8 Å². The quantitative estimate of drug-likeness (QED) is 0.697. The number of nitrogens with one attached hydrogen (secondary N) is 1. The monoisotopic (exact) mass is 239 g/mol. The Labute approximate surface area is 104 Å². The first kappa shape index (κ1) is 10.8. The van der Waals surface area contributed by atoms with E-state index >= 15 is 0 Å². The van der Waals surface area contributed by atoms with Crippen molar-refractivity contribution in [3.63, 3.8) is 0 Å². The molecule has 3 rings (SSSR count). The van der Waals surface area contributed by atoms with Crippen LogP contribution in [-0.4, -0.2) is 6.54 Å². The van der Waals surface area contributed by atoms with Crippen molar-refractivity contribution in [2.45, 2.75) is 6.92 Å². The van der Waals surface area contributed by atoms with Gasteiger partial charge in [0.25, 0.3) is 0 Å². The maximum absolute atomic E-state index is 12.2. The lowest BCUT2D eigenvalue weighted by molar-refractivity contribution is 0.616. The smallest absolute Gasteiger partial charge is 0.197 e. The zero-order chi connectivity index (χ0) is 12.5. The van der Waals surface area contributed by atoms with E-state index in [1.807, 2.05) is 43.3 Å². The Morgan fingerprint density at radius 2 is 2.00 bits per heavy atom. The van der Waals surface area contributed by atoms with Gasteiger partial charge in [-0.2, -0.15) is 0 Å². The minimum atomic E-state index is -0.0102. The van der Waals surface area contributed by atoms with E-state index < -0.39 is 0 Å². The summed E-state index contributed by atoms with van der Waals surface area (Å²) in [4.78, 5) is 12.2. The van der Waals surface area contributed by atoms with Gasteiger partial charge in [-0.25, -0.2) is 0 Å². The predicted molar refractivity (Wildman–Crippen MR) is 74.2 cm³/mol. The van der Waals surface area contributed by atoms with Crippen LogP contribution in [0, 0.1) is 0 Å². The van der Waals surface area contributed by atoms with Gasteiger partial charge >= 0.3 is 0 Å². The van der Waals surface area contributed by atoms with Gasteiger partial charge in [-0.3, -0.25) is 4.79 Å². The molecule has 0 radical (unpaired) electrons. The summed E-state index contributed by atoms with van der Waals surface area (Å²) in [5, 5.41) is 5.66. The Balaban J connectivity index is 2.41. The molecule has 0 aliphatic rings. The van der Waals surface area contributed by atoms with Crippen LogP contribution < -0.4 is 10.7 Å². The second kappa shape index (κ2) is 4.18. The summed E-state index contributed by atoms with van der Waals surface area (Å²) in [6, 6.07) is 13.2. The van der Waals surface area contributed by atoms with Gasteiger partial charge in [0.05, 0.1) is 5.39 Å². The van der Waals surface area contributed by atoms with Gasteiger partial charge in [0.1, 0.15) is 5.58 Å². The number of rotatable bonds is 2. The SMILES string of the molecule is CCNc1cc(=O)c2c(ccc3ccccc32)o1. The summed E-state index contributed by atoms with van der Waals surface area (Å²) in [5.74, 6) is 0.519. The molecule has 3 aromatic rings. The highest BCUT2D eigenvalue weighted by Crippen LogP contribution is 2.24. The van der Waals surface area contributed by atoms with E-state index in [1.54, 1.807) is 0 Å². The van der Waals surface area contributed by atoms with Crippen LogP contribution in [0.25, 0.3) is 21.7 Å². The van der Waals surface area contributed by atoms with Crippen LogP contribution in [0.2, 0.25) is 0 Å². The first-order chi connectivity index (χ1) is 8.79. The molecule has 0 saturated heterocycles. The highest BCUT2D eigenvalue weighted by atomic mass is 16.3. The lowest BCUT2D eigenvalue weighted by Gasteiger charge is -2.05. The Morgan fingerprint density at radius 1 is 1.17 bits per heavy atom. The normalized spacial score (nSPS) is 10.9. The van der Waals surface area contributed by atoms with Gasteiger partial charge in [0.2, 0.25) is 0 Å². The summed E-state index contributed by atoms with van der Waals surface area (Å²) in [7, 11) is 0. The third-order valence-corrected chi connectivity index (χ3v) is 2.97. The van der Waals surface area contributed by atoms with E-state index in [4.69, 9.17) is 4.42 Å². The van der Waals surface area contributed by atoms with Crippen molar-refractivity contribution in [3.8, 4) is 0 Å². The number of anilines is 1. The average Bonchev–Trinajstić information content (AvgIpc) is 2.38. The molecular weight excluding hydrogens is 226 g/mol. The number of fused-ring (bicyclic) bond motifs is 3. The van der Waals surface area contributed by atoms with E-state index in [0.717, 1.165) is 17.3 Å². The maximum atomic E-state index is 12.2. The van der Waals surface area contributed by atoms with Crippen LogP contribution in [0.1, 0.15) is 6.92 Å². The van der Waals surface area contributed by atoms with Crippen LogP contribution in [0.3, 0.4) is 0 Å². The van der Waals surface area contributed by atoms with E-state index in [2.05, 4.69) is 5.32 Å². The van der Waals surface area contributed by atoms with Crippen LogP contribution in [-0.2, 0) is 0 Å². The second-order valence-electron chi connectivity index (χ2n) is 4.17. The standard InChI is InChI=1S/C15H13NO2/c1-2-16-14-9-12(17)15-11-6-4-3-5-10(11)7-8-13(15)18-14/h3-9,16H,2H2,1H3. The fourth-order valence-electron chi connectivity index (χ4n) is 2.19. The van der Waals surface area contributed by atoms with Gasteiger partial charge in [0, 0.05) is 12.6 Å². The van der Waals surface area contributed by atoms with Crippen molar-refractivity contribution in [1.29, 1.82) is 0 Å². The van der Waals surface area contributed by atoms with Crippen molar-refractivity contribution in [2.75, 3.05) is 11.9 Å². The molecule has 0 bridgehead atoms. The minimum absolute atomic E-state index is 0.0102. The van der Waals surface area contributed by atoms with Gasteiger partial charge in [-0.1, -0.05) is 30.3 Å². The molecule has 0 spiro atoms. The molecular formula is C15H13NO2. The summed E-state index contributed by atoms with van der Waals surface area (Å²) in [6.07, 6.45) is 0. The van der Waals surface area contributed by atoms with Crippen molar-refractivity contribution in [3.05, 3.63) is 52.7 Å². The fourth-order valence-corrected chi connectivity index (χ4v) is 2.19. The van der Waals surface area contributed by atoms with Crippen molar-refractivity contribution in [2.24, 2.45) is 0 Å².